The van der Waals surface area contributed by atoms with Crippen LogP contribution in [-0.4, -0.2) is 24.7 Å². The lowest BCUT2D eigenvalue weighted by Gasteiger charge is -2.13. The maximum Gasteiger partial charge on any atom is 0.269 e. The van der Waals surface area contributed by atoms with Gasteiger partial charge in [0.2, 0.25) is 0 Å². The highest BCUT2D eigenvalue weighted by molar-refractivity contribution is 7.80. The number of para-hydroxylation sites is 1. The van der Waals surface area contributed by atoms with Gasteiger partial charge in [0.25, 0.3) is 5.91 Å². The summed E-state index contributed by atoms with van der Waals surface area (Å²) in [5, 5.41) is 3.26. The standard InChI is InChI=1S/C19H23N3O3S/c1-3-4-12-25-16-11-10-14(13-17(16)24-2)18(23)21-22-19(26)20-15-8-6-5-7-9-15/h5-11,13H,3-4,12H2,1-2H3,(H,21,23)(H2,20,22,26). The number of ether oxygens (including phenoxy) is 2. The van der Waals surface area contributed by atoms with Crippen molar-refractivity contribution in [2.45, 2.75) is 19.8 Å². The van der Waals surface area contributed by atoms with Gasteiger partial charge in [-0.1, -0.05) is 31.5 Å². The summed E-state index contributed by atoms with van der Waals surface area (Å²) in [5.74, 6) is 0.797. The molecule has 0 heterocycles. The first kappa shape index (κ1) is 19.5. The largest absolute Gasteiger partial charge is 0.493 e. The minimum absolute atomic E-state index is 0.288. The minimum atomic E-state index is -0.333. The Morgan fingerprint density at radius 3 is 2.54 bits per heavy atom. The van der Waals surface area contributed by atoms with Crippen molar-refractivity contribution in [3.05, 3.63) is 54.1 Å². The SMILES string of the molecule is CCCCOc1ccc(C(=O)NNC(=S)Nc2ccccc2)cc1OC. The average molecular weight is 373 g/mol. The van der Waals surface area contributed by atoms with Crippen molar-refractivity contribution in [2.24, 2.45) is 0 Å². The molecule has 0 saturated carbocycles. The molecular formula is C19H23N3O3S. The van der Waals surface area contributed by atoms with Crippen LogP contribution in [0, 0.1) is 0 Å². The third-order valence-corrected chi connectivity index (χ3v) is 3.71. The van der Waals surface area contributed by atoms with E-state index in [2.05, 4.69) is 23.1 Å². The van der Waals surface area contributed by atoms with E-state index >= 15 is 0 Å². The van der Waals surface area contributed by atoms with E-state index in [1.165, 1.54) is 0 Å². The Balaban J connectivity index is 1.91. The molecule has 0 bridgehead atoms. The highest BCUT2D eigenvalue weighted by Crippen LogP contribution is 2.28. The van der Waals surface area contributed by atoms with E-state index in [1.54, 1.807) is 25.3 Å². The van der Waals surface area contributed by atoms with Gasteiger partial charge in [0.1, 0.15) is 0 Å². The normalized spacial score (nSPS) is 9.92. The summed E-state index contributed by atoms with van der Waals surface area (Å²) in [6.45, 7) is 2.71. The number of carbonyl (C=O) groups excluding carboxylic acids is 1. The summed E-state index contributed by atoms with van der Waals surface area (Å²) in [6.07, 6.45) is 2.01. The van der Waals surface area contributed by atoms with E-state index in [9.17, 15) is 4.79 Å². The number of methoxy groups -OCH3 is 1. The third kappa shape index (κ3) is 5.93. The number of nitrogens with one attached hydrogen (secondary N) is 3. The van der Waals surface area contributed by atoms with Crippen molar-refractivity contribution in [1.82, 2.24) is 10.9 Å². The van der Waals surface area contributed by atoms with Crippen LogP contribution in [0.25, 0.3) is 0 Å². The molecule has 7 heteroatoms. The maximum atomic E-state index is 12.3. The van der Waals surface area contributed by atoms with Crippen LogP contribution >= 0.6 is 12.2 Å². The van der Waals surface area contributed by atoms with Crippen LogP contribution in [-0.2, 0) is 0 Å². The molecule has 0 aliphatic rings. The molecule has 1 amide bonds. The van der Waals surface area contributed by atoms with Gasteiger partial charge in [-0.05, 0) is 49.0 Å². The third-order valence-electron chi connectivity index (χ3n) is 3.50. The van der Waals surface area contributed by atoms with E-state index in [1.807, 2.05) is 30.3 Å². The maximum absolute atomic E-state index is 12.3. The summed E-state index contributed by atoms with van der Waals surface area (Å²) in [4.78, 5) is 12.3. The fraction of sp³-hybridized carbons (Fsp3) is 0.263. The van der Waals surface area contributed by atoms with Crippen LogP contribution in [0.4, 0.5) is 5.69 Å². The number of rotatable bonds is 7. The molecule has 0 aliphatic carbocycles. The number of amides is 1. The topological polar surface area (TPSA) is 71.6 Å². The number of hydrazine groups is 1. The lowest BCUT2D eigenvalue weighted by atomic mass is 10.2. The number of unbranched alkanes of at least 4 members (excludes halogenated alkanes) is 1. The lowest BCUT2D eigenvalue weighted by molar-refractivity contribution is 0.0943. The predicted molar refractivity (Wildman–Crippen MR) is 107 cm³/mol. The summed E-state index contributed by atoms with van der Waals surface area (Å²) in [5.41, 5.74) is 6.48. The van der Waals surface area contributed by atoms with Gasteiger partial charge in [0.15, 0.2) is 16.6 Å². The molecule has 26 heavy (non-hydrogen) atoms. The fourth-order valence-electron chi connectivity index (χ4n) is 2.12. The number of carbonyl (C=O) groups is 1. The van der Waals surface area contributed by atoms with Crippen LogP contribution in [0.1, 0.15) is 30.1 Å². The van der Waals surface area contributed by atoms with Crippen molar-refractivity contribution in [2.75, 3.05) is 19.0 Å². The second-order valence-corrected chi connectivity index (χ2v) is 5.88. The van der Waals surface area contributed by atoms with Crippen LogP contribution in [0.2, 0.25) is 0 Å². The second kappa shape index (κ2) is 10.2. The van der Waals surface area contributed by atoms with E-state index in [0.29, 0.717) is 23.7 Å². The molecule has 0 saturated heterocycles. The molecule has 2 aromatic carbocycles. The summed E-state index contributed by atoms with van der Waals surface area (Å²) >= 11 is 5.15. The summed E-state index contributed by atoms with van der Waals surface area (Å²) in [7, 11) is 1.54. The molecule has 2 rings (SSSR count). The molecule has 0 aliphatic heterocycles. The first-order valence-electron chi connectivity index (χ1n) is 8.37. The number of anilines is 1. The van der Waals surface area contributed by atoms with Gasteiger partial charge >= 0.3 is 0 Å². The monoisotopic (exact) mass is 373 g/mol. The van der Waals surface area contributed by atoms with Gasteiger partial charge in [-0.3, -0.25) is 15.6 Å². The highest BCUT2D eigenvalue weighted by Gasteiger charge is 2.11. The fourth-order valence-corrected chi connectivity index (χ4v) is 2.29. The van der Waals surface area contributed by atoms with Crippen LogP contribution in [0.5, 0.6) is 11.5 Å². The molecule has 3 N–H and O–H groups in total. The highest BCUT2D eigenvalue weighted by atomic mass is 32.1. The number of hydrogen-bond acceptors (Lipinski definition) is 4. The van der Waals surface area contributed by atoms with Gasteiger partial charge in [0.05, 0.1) is 13.7 Å². The number of thiocarbonyl (C=S) groups is 1. The average Bonchev–Trinajstić information content (AvgIpc) is 2.67. The Morgan fingerprint density at radius 2 is 1.85 bits per heavy atom. The predicted octanol–water partition coefficient (Wildman–Crippen LogP) is 3.51. The minimum Gasteiger partial charge on any atom is -0.493 e. The van der Waals surface area contributed by atoms with E-state index in [4.69, 9.17) is 21.7 Å². The first-order valence-corrected chi connectivity index (χ1v) is 8.78. The summed E-state index contributed by atoms with van der Waals surface area (Å²) < 4.78 is 11.0. The number of hydrogen-bond donors (Lipinski definition) is 3. The second-order valence-electron chi connectivity index (χ2n) is 5.47. The molecule has 0 unspecified atom stereocenters. The smallest absolute Gasteiger partial charge is 0.269 e. The molecular weight excluding hydrogens is 350 g/mol. The van der Waals surface area contributed by atoms with E-state index in [0.717, 1.165) is 18.5 Å². The van der Waals surface area contributed by atoms with Crippen molar-refractivity contribution in [1.29, 1.82) is 0 Å². The first-order chi connectivity index (χ1) is 12.6. The molecule has 0 aromatic heterocycles. The van der Waals surface area contributed by atoms with E-state index < -0.39 is 0 Å². The van der Waals surface area contributed by atoms with E-state index in [-0.39, 0.29) is 11.0 Å². The molecule has 2 aromatic rings. The molecule has 0 radical (unpaired) electrons. The van der Waals surface area contributed by atoms with Crippen molar-refractivity contribution in [3.8, 4) is 11.5 Å². The Kier molecular flexibility index (Phi) is 7.70. The molecule has 0 atom stereocenters. The zero-order valence-corrected chi connectivity index (χ0v) is 15.7. The number of benzene rings is 2. The Hall–Kier alpha value is -2.80. The summed E-state index contributed by atoms with van der Waals surface area (Å²) in [6, 6.07) is 14.5. The van der Waals surface area contributed by atoms with Gasteiger partial charge in [-0.2, -0.15) is 0 Å². The van der Waals surface area contributed by atoms with Gasteiger partial charge in [-0.25, -0.2) is 0 Å². The lowest BCUT2D eigenvalue weighted by Crippen LogP contribution is -2.43. The van der Waals surface area contributed by atoms with Crippen LogP contribution < -0.4 is 25.6 Å². The van der Waals surface area contributed by atoms with Crippen molar-refractivity contribution >= 4 is 28.9 Å². The van der Waals surface area contributed by atoms with Gasteiger partial charge < -0.3 is 14.8 Å². The Labute approximate surface area is 158 Å². The molecule has 0 spiro atoms. The molecule has 0 fully saturated rings. The quantitative estimate of drug-likeness (QED) is 0.392. The molecule has 6 nitrogen and oxygen atoms in total. The molecule has 138 valence electrons. The van der Waals surface area contributed by atoms with Gasteiger partial charge in [-0.15, -0.1) is 0 Å². The Bertz CT molecular complexity index is 738. The van der Waals surface area contributed by atoms with Crippen molar-refractivity contribution in [3.63, 3.8) is 0 Å². The van der Waals surface area contributed by atoms with Crippen LogP contribution in [0.15, 0.2) is 48.5 Å². The van der Waals surface area contributed by atoms with Crippen molar-refractivity contribution < 1.29 is 14.3 Å². The van der Waals surface area contributed by atoms with Gasteiger partial charge in [0, 0.05) is 11.3 Å². The zero-order chi connectivity index (χ0) is 18.8. The van der Waals surface area contributed by atoms with Crippen LogP contribution in [0.3, 0.4) is 0 Å². The zero-order valence-electron chi connectivity index (χ0n) is 14.9. The Morgan fingerprint density at radius 1 is 1.08 bits per heavy atom.